The topological polar surface area (TPSA) is 41.5 Å². The molecule has 0 aromatic carbocycles. The molecule has 1 aliphatic heterocycles. The molecule has 40 valence electrons. The Balaban J connectivity index is 2.64. The lowest BCUT2D eigenvalue weighted by Gasteiger charge is -1.88. The predicted molar refractivity (Wildman–Crippen MR) is 24.4 cm³/mol. The zero-order valence-electron chi connectivity index (χ0n) is 4.06. The van der Waals surface area contributed by atoms with E-state index in [-0.39, 0.29) is 0 Å². The molecule has 0 aliphatic carbocycles. The number of hydrogen-bond acceptors (Lipinski definition) is 3. The van der Waals surface area contributed by atoms with Crippen molar-refractivity contribution in [2.75, 3.05) is 6.61 Å². The van der Waals surface area contributed by atoms with Gasteiger partial charge in [0, 0.05) is 0 Å². The summed E-state index contributed by atoms with van der Waals surface area (Å²) in [5.41, 5.74) is 3.21. The van der Waals surface area contributed by atoms with E-state index in [1.54, 1.807) is 6.92 Å². The van der Waals surface area contributed by atoms with Crippen molar-refractivity contribution in [2.24, 2.45) is 0 Å². The molecule has 0 radical (unpaired) electrons. The van der Waals surface area contributed by atoms with Crippen molar-refractivity contribution in [3.05, 3.63) is 11.5 Å². The summed E-state index contributed by atoms with van der Waals surface area (Å²) in [6.45, 7) is 2.05. The lowest BCUT2D eigenvalue weighted by molar-refractivity contribution is 0.0962. The Labute approximate surface area is 41.6 Å². The first-order valence-electron chi connectivity index (χ1n) is 2.07. The predicted octanol–water partition coefficient (Wildman–Crippen LogP) is 0.311. The smallest absolute Gasteiger partial charge is 0.141 e. The van der Waals surface area contributed by atoms with Crippen molar-refractivity contribution in [3.63, 3.8) is 0 Å². The van der Waals surface area contributed by atoms with Gasteiger partial charge in [-0.1, -0.05) is 0 Å². The summed E-state index contributed by atoms with van der Waals surface area (Å²) < 4.78 is 0. The fourth-order valence-corrected chi connectivity index (χ4v) is 0.380. The number of hydrogen-bond donors (Lipinski definition) is 2. The van der Waals surface area contributed by atoms with Gasteiger partial charge < -0.3 is 5.11 Å². The van der Waals surface area contributed by atoms with Crippen molar-refractivity contribution in [1.82, 2.24) is 5.48 Å². The quantitative estimate of drug-likeness (QED) is 0.461. The van der Waals surface area contributed by atoms with E-state index in [2.05, 4.69) is 10.3 Å². The minimum absolute atomic E-state index is 0.292. The van der Waals surface area contributed by atoms with Gasteiger partial charge in [0.15, 0.2) is 0 Å². The maximum absolute atomic E-state index is 8.69. The van der Waals surface area contributed by atoms with Gasteiger partial charge in [-0.3, -0.25) is 10.3 Å². The van der Waals surface area contributed by atoms with Crippen LogP contribution < -0.4 is 5.48 Å². The molecule has 0 saturated carbocycles. The van der Waals surface area contributed by atoms with E-state index in [1.165, 1.54) is 0 Å². The average molecular weight is 101 g/mol. The molecule has 0 bridgehead atoms. The number of hydroxylamine groups is 1. The van der Waals surface area contributed by atoms with Crippen LogP contribution in [-0.2, 0) is 4.84 Å². The van der Waals surface area contributed by atoms with Crippen LogP contribution in [0.15, 0.2) is 11.5 Å². The number of allylic oxidation sites excluding steroid dienone is 1. The van der Waals surface area contributed by atoms with E-state index >= 15 is 0 Å². The highest BCUT2D eigenvalue weighted by atomic mass is 16.7. The lowest BCUT2D eigenvalue weighted by Crippen LogP contribution is -2.01. The van der Waals surface area contributed by atoms with Gasteiger partial charge >= 0.3 is 0 Å². The van der Waals surface area contributed by atoms with Crippen molar-refractivity contribution >= 4 is 0 Å². The molecule has 1 heterocycles. The van der Waals surface area contributed by atoms with Crippen LogP contribution in [0.3, 0.4) is 0 Å². The summed E-state index contributed by atoms with van der Waals surface area (Å²) in [5, 5.41) is 8.69. The Kier molecular flexibility index (Phi) is 0.906. The van der Waals surface area contributed by atoms with Gasteiger partial charge in [0.1, 0.15) is 12.4 Å². The first kappa shape index (κ1) is 4.46. The van der Waals surface area contributed by atoms with Crippen molar-refractivity contribution in [3.8, 4) is 0 Å². The minimum atomic E-state index is 0.292. The van der Waals surface area contributed by atoms with Gasteiger partial charge in [0.05, 0.1) is 5.70 Å². The zero-order valence-corrected chi connectivity index (χ0v) is 4.06. The average Bonchev–Trinajstić information content (AvgIpc) is 1.91. The number of nitrogens with one attached hydrogen (secondary N) is 1. The summed E-state index contributed by atoms with van der Waals surface area (Å²) in [7, 11) is 0. The molecule has 0 spiro atoms. The molecule has 1 rings (SSSR count). The van der Waals surface area contributed by atoms with E-state index in [1.807, 2.05) is 0 Å². The standard InChI is InChI=1S/C4H7NO2/c1-3-4(6)2-7-5-3/h5-6H,2H2,1H3. The summed E-state index contributed by atoms with van der Waals surface area (Å²) >= 11 is 0. The highest BCUT2D eigenvalue weighted by Crippen LogP contribution is 2.02. The Hall–Kier alpha value is -0.700. The second-order valence-electron chi connectivity index (χ2n) is 1.46. The van der Waals surface area contributed by atoms with Crippen LogP contribution in [-0.4, -0.2) is 11.7 Å². The molecular formula is C4H7NO2. The summed E-state index contributed by atoms with van der Waals surface area (Å²) in [5.74, 6) is 0.292. The van der Waals surface area contributed by atoms with E-state index in [4.69, 9.17) is 5.11 Å². The molecule has 3 heteroatoms. The zero-order chi connectivity index (χ0) is 5.28. The van der Waals surface area contributed by atoms with Crippen LogP contribution in [0.4, 0.5) is 0 Å². The van der Waals surface area contributed by atoms with E-state index < -0.39 is 0 Å². The molecule has 0 aromatic heterocycles. The highest BCUT2D eigenvalue weighted by Gasteiger charge is 2.06. The third-order valence-corrected chi connectivity index (χ3v) is 0.867. The third-order valence-electron chi connectivity index (χ3n) is 0.867. The molecule has 0 atom stereocenters. The Bertz CT molecular complexity index is 96.3. The molecule has 0 fully saturated rings. The largest absolute Gasteiger partial charge is 0.508 e. The fraction of sp³-hybridized carbons (Fsp3) is 0.500. The molecule has 0 unspecified atom stereocenters. The summed E-state index contributed by atoms with van der Waals surface area (Å²) in [6.07, 6.45) is 0. The van der Waals surface area contributed by atoms with Gasteiger partial charge in [0.2, 0.25) is 0 Å². The van der Waals surface area contributed by atoms with Crippen LogP contribution in [0.5, 0.6) is 0 Å². The minimum Gasteiger partial charge on any atom is -0.508 e. The van der Waals surface area contributed by atoms with Gasteiger partial charge in [-0.15, -0.1) is 0 Å². The normalized spacial score (nSPS) is 20.1. The molecule has 2 N–H and O–H groups in total. The number of aliphatic hydroxyl groups excluding tert-OH is 1. The molecule has 7 heavy (non-hydrogen) atoms. The fourth-order valence-electron chi connectivity index (χ4n) is 0.380. The second kappa shape index (κ2) is 1.42. The first-order chi connectivity index (χ1) is 3.30. The van der Waals surface area contributed by atoms with E-state index in [9.17, 15) is 0 Å². The second-order valence-corrected chi connectivity index (χ2v) is 1.46. The summed E-state index contributed by atoms with van der Waals surface area (Å²) in [6, 6.07) is 0. The van der Waals surface area contributed by atoms with Crippen molar-refractivity contribution in [2.45, 2.75) is 6.92 Å². The van der Waals surface area contributed by atoms with Gasteiger partial charge in [-0.05, 0) is 6.92 Å². The molecule has 1 aliphatic rings. The van der Waals surface area contributed by atoms with E-state index in [0.717, 1.165) is 0 Å². The van der Waals surface area contributed by atoms with Crippen molar-refractivity contribution < 1.29 is 9.94 Å². The Morgan fingerprint density at radius 3 is 2.71 bits per heavy atom. The molecule has 3 nitrogen and oxygen atoms in total. The van der Waals surface area contributed by atoms with Crippen LogP contribution in [0, 0.1) is 0 Å². The summed E-state index contributed by atoms with van der Waals surface area (Å²) in [4.78, 5) is 4.59. The van der Waals surface area contributed by atoms with Crippen LogP contribution in [0.1, 0.15) is 6.92 Å². The highest BCUT2D eigenvalue weighted by molar-refractivity contribution is 5.03. The molecule has 0 aromatic rings. The van der Waals surface area contributed by atoms with Gasteiger partial charge in [-0.2, -0.15) is 0 Å². The SMILES string of the molecule is CC1=C(O)CON1. The monoisotopic (exact) mass is 101 g/mol. The van der Waals surface area contributed by atoms with Crippen molar-refractivity contribution in [1.29, 1.82) is 0 Å². The third kappa shape index (κ3) is 0.667. The van der Waals surface area contributed by atoms with E-state index in [0.29, 0.717) is 18.1 Å². The Morgan fingerprint density at radius 2 is 2.57 bits per heavy atom. The molecule has 0 saturated heterocycles. The molecular weight excluding hydrogens is 94.0 g/mol. The van der Waals surface area contributed by atoms with Gasteiger partial charge in [0.25, 0.3) is 0 Å². The maximum Gasteiger partial charge on any atom is 0.141 e. The van der Waals surface area contributed by atoms with Crippen LogP contribution in [0.25, 0.3) is 0 Å². The number of aliphatic hydroxyl groups is 1. The first-order valence-corrected chi connectivity index (χ1v) is 2.07. The van der Waals surface area contributed by atoms with Crippen LogP contribution >= 0.6 is 0 Å². The Morgan fingerprint density at radius 1 is 1.86 bits per heavy atom. The lowest BCUT2D eigenvalue weighted by atomic mass is 10.4. The molecule has 0 amide bonds. The van der Waals surface area contributed by atoms with Crippen LogP contribution in [0.2, 0.25) is 0 Å². The number of rotatable bonds is 0. The van der Waals surface area contributed by atoms with Gasteiger partial charge in [-0.25, -0.2) is 0 Å². The maximum atomic E-state index is 8.69.